The molecule has 0 bridgehead atoms. The van der Waals surface area contributed by atoms with Crippen LogP contribution in [0.3, 0.4) is 0 Å². The molecule has 0 aromatic heterocycles. The molecule has 0 saturated carbocycles. The van der Waals surface area contributed by atoms with Gasteiger partial charge in [-0.25, -0.2) is 0 Å². The van der Waals surface area contributed by atoms with Crippen molar-refractivity contribution in [1.82, 2.24) is 0 Å². The Morgan fingerprint density at radius 3 is 0.784 bits per heavy atom. The smallest absolute Gasteiger partial charge is 0.165 e. The number of benzene rings is 4. The maximum Gasteiger partial charge on any atom is 0.165 e. The summed E-state index contributed by atoms with van der Waals surface area (Å²) in [5.41, 5.74) is 4.26. The van der Waals surface area contributed by atoms with Gasteiger partial charge in [-0.2, -0.15) is 0 Å². The van der Waals surface area contributed by atoms with Crippen molar-refractivity contribution in [2.45, 2.75) is 27.7 Å². The van der Waals surface area contributed by atoms with Gasteiger partial charge in [-0.15, -0.1) is 0 Å². The summed E-state index contributed by atoms with van der Waals surface area (Å²) in [5.74, 6) is 3.41. The van der Waals surface area contributed by atoms with Gasteiger partial charge in [0, 0.05) is 0 Å². The largest absolute Gasteiger partial charge is 0.492 e. The Morgan fingerprint density at radius 1 is 0.378 bits per heavy atom. The van der Waals surface area contributed by atoms with E-state index < -0.39 is 7.26 Å². The van der Waals surface area contributed by atoms with Gasteiger partial charge in [0.05, 0.1) is 28.4 Å². The maximum atomic E-state index is 6.16. The summed E-state index contributed by atoms with van der Waals surface area (Å²) in [5, 5.41) is 4.36. The van der Waals surface area contributed by atoms with Crippen LogP contribution in [0.4, 0.5) is 0 Å². The highest BCUT2D eigenvalue weighted by atomic mass is 31.2. The summed E-state index contributed by atoms with van der Waals surface area (Å²) in [4.78, 5) is 0. The average Bonchev–Trinajstić information content (AvgIpc) is 2.89. The highest BCUT2D eigenvalue weighted by molar-refractivity contribution is 8.02. The molecule has 5 heteroatoms. The molecule has 0 fully saturated rings. The first kappa shape index (κ1) is 26.6. The second kappa shape index (κ2) is 10.9. The first-order chi connectivity index (χ1) is 17.9. The van der Waals surface area contributed by atoms with Crippen molar-refractivity contribution in [3.63, 3.8) is 0 Å². The molecule has 0 amide bonds. The van der Waals surface area contributed by atoms with Gasteiger partial charge in [0.25, 0.3) is 0 Å². The second-order valence-electron chi connectivity index (χ2n) is 9.18. The molecule has 0 heterocycles. The van der Waals surface area contributed by atoms with Crippen LogP contribution in [-0.4, -0.2) is 28.4 Å². The molecule has 4 nitrogen and oxygen atoms in total. The van der Waals surface area contributed by atoms with Gasteiger partial charge in [-0.05, 0) is 74.2 Å². The molecular weight excluding hydrogens is 479 g/mol. The van der Waals surface area contributed by atoms with Gasteiger partial charge in [-0.1, -0.05) is 48.5 Å². The Hall–Kier alpha value is -3.49. The normalized spacial score (nSPS) is 11.2. The Balaban J connectivity index is 2.41. The lowest BCUT2D eigenvalue weighted by atomic mass is 10.2. The van der Waals surface area contributed by atoms with E-state index in [9.17, 15) is 0 Å². The standard InChI is InChI=1S/C32H36O4P/c1-21-13-9-17-25(29(21)33-5)37(26-18-10-14-22(2)30(26)34-6,27-19-11-15-23(3)31(27)35-7)28-20-12-16-24(4)32(28)36-8/h9-20H,1-8H3/q+1. The van der Waals surface area contributed by atoms with Gasteiger partial charge in [0.15, 0.2) is 51.5 Å². The highest BCUT2D eigenvalue weighted by Crippen LogP contribution is 2.62. The Kier molecular flexibility index (Phi) is 7.80. The zero-order valence-corrected chi connectivity index (χ0v) is 23.9. The van der Waals surface area contributed by atoms with E-state index in [2.05, 4.69) is 100 Å². The molecule has 0 radical (unpaired) electrons. The van der Waals surface area contributed by atoms with Gasteiger partial charge in [0.1, 0.15) is 0 Å². The molecule has 0 atom stereocenters. The predicted molar refractivity (Wildman–Crippen MR) is 156 cm³/mol. The van der Waals surface area contributed by atoms with Crippen molar-refractivity contribution in [2.75, 3.05) is 28.4 Å². The van der Waals surface area contributed by atoms with Crippen LogP contribution in [0, 0.1) is 27.7 Å². The van der Waals surface area contributed by atoms with Crippen LogP contribution in [0.15, 0.2) is 72.8 Å². The summed E-state index contributed by atoms with van der Waals surface area (Å²) in [6.07, 6.45) is 0. The third-order valence-corrected chi connectivity index (χ3v) is 11.3. The third-order valence-electron chi connectivity index (χ3n) is 7.03. The van der Waals surface area contributed by atoms with Crippen LogP contribution in [0.25, 0.3) is 0 Å². The molecule has 4 rings (SSSR count). The summed E-state index contributed by atoms with van der Waals surface area (Å²) < 4.78 is 24.7. The van der Waals surface area contributed by atoms with Crippen LogP contribution in [0.2, 0.25) is 0 Å². The number of rotatable bonds is 8. The van der Waals surface area contributed by atoms with Crippen molar-refractivity contribution >= 4 is 28.5 Å². The first-order valence-electron chi connectivity index (χ1n) is 12.3. The topological polar surface area (TPSA) is 36.9 Å². The minimum Gasteiger partial charge on any atom is -0.492 e. The van der Waals surface area contributed by atoms with E-state index in [4.69, 9.17) is 18.9 Å². The first-order valence-corrected chi connectivity index (χ1v) is 14.1. The van der Waals surface area contributed by atoms with Crippen LogP contribution < -0.4 is 40.2 Å². The number of ether oxygens (including phenoxy) is 4. The molecule has 0 spiro atoms. The lowest BCUT2D eigenvalue weighted by Crippen LogP contribution is -2.41. The van der Waals surface area contributed by atoms with Gasteiger partial charge >= 0.3 is 0 Å². The lowest BCUT2D eigenvalue weighted by Gasteiger charge is -2.32. The fraction of sp³-hybridized carbons (Fsp3) is 0.250. The second-order valence-corrected chi connectivity index (χ2v) is 12.4. The average molecular weight is 516 g/mol. The molecule has 4 aromatic carbocycles. The predicted octanol–water partition coefficient (Wildman–Crippen LogP) is 5.57. The molecule has 37 heavy (non-hydrogen) atoms. The van der Waals surface area contributed by atoms with Gasteiger partial charge in [-0.3, -0.25) is 0 Å². The third kappa shape index (κ3) is 4.24. The van der Waals surface area contributed by atoms with Gasteiger partial charge in [0.2, 0.25) is 0 Å². The number of hydrogen-bond donors (Lipinski definition) is 0. The van der Waals surface area contributed by atoms with E-state index in [1.165, 1.54) is 0 Å². The molecule has 0 saturated heterocycles. The summed E-state index contributed by atoms with van der Waals surface area (Å²) in [7, 11) is 4.25. The molecule has 0 aliphatic rings. The monoisotopic (exact) mass is 515 g/mol. The summed E-state index contributed by atoms with van der Waals surface area (Å²) >= 11 is 0. The fourth-order valence-corrected chi connectivity index (χ4v) is 10.5. The maximum absolute atomic E-state index is 6.16. The molecule has 0 unspecified atom stereocenters. The quantitative estimate of drug-likeness (QED) is 0.288. The SMILES string of the molecule is COc1c(C)cccc1[P+](c1cccc(C)c1OC)(c1cccc(C)c1OC)c1cccc(C)c1OC. The van der Waals surface area contributed by atoms with E-state index in [-0.39, 0.29) is 0 Å². The zero-order chi connectivity index (χ0) is 26.7. The number of methoxy groups -OCH3 is 4. The minimum atomic E-state index is -2.73. The summed E-state index contributed by atoms with van der Waals surface area (Å²) in [6, 6.07) is 25.5. The van der Waals surface area contributed by atoms with E-state index in [0.29, 0.717) is 0 Å². The van der Waals surface area contributed by atoms with Crippen molar-refractivity contribution < 1.29 is 18.9 Å². The molecule has 0 aliphatic heterocycles. The van der Waals surface area contributed by atoms with E-state index in [1.54, 1.807) is 28.4 Å². The molecule has 4 aromatic rings. The molecule has 0 N–H and O–H groups in total. The Bertz CT molecular complexity index is 1210. The van der Waals surface area contributed by atoms with Crippen LogP contribution in [0.5, 0.6) is 23.0 Å². The summed E-state index contributed by atoms with van der Waals surface area (Å²) in [6.45, 7) is 8.35. The van der Waals surface area contributed by atoms with Crippen LogP contribution >= 0.6 is 7.26 Å². The van der Waals surface area contributed by atoms with E-state index in [0.717, 1.165) is 66.5 Å². The van der Waals surface area contributed by atoms with Gasteiger partial charge < -0.3 is 18.9 Å². The van der Waals surface area contributed by atoms with Crippen molar-refractivity contribution in [3.8, 4) is 23.0 Å². The van der Waals surface area contributed by atoms with Crippen LogP contribution in [-0.2, 0) is 0 Å². The van der Waals surface area contributed by atoms with Crippen LogP contribution in [0.1, 0.15) is 22.3 Å². The molecular formula is C32H36O4P+. The van der Waals surface area contributed by atoms with Crippen molar-refractivity contribution in [3.05, 3.63) is 95.1 Å². The molecule has 0 aliphatic carbocycles. The minimum absolute atomic E-state index is 0.853. The highest BCUT2D eigenvalue weighted by Gasteiger charge is 2.56. The number of hydrogen-bond acceptors (Lipinski definition) is 4. The lowest BCUT2D eigenvalue weighted by molar-refractivity contribution is 0.412. The van der Waals surface area contributed by atoms with Crippen molar-refractivity contribution in [1.29, 1.82) is 0 Å². The fourth-order valence-electron chi connectivity index (χ4n) is 5.45. The number of para-hydroxylation sites is 4. The van der Waals surface area contributed by atoms with E-state index >= 15 is 0 Å². The van der Waals surface area contributed by atoms with Crippen molar-refractivity contribution in [2.24, 2.45) is 0 Å². The Labute approximate surface area is 221 Å². The van der Waals surface area contributed by atoms with E-state index in [1.807, 2.05) is 0 Å². The molecule has 192 valence electrons. The zero-order valence-electron chi connectivity index (χ0n) is 23.0. The number of aryl methyl sites for hydroxylation is 4. The Morgan fingerprint density at radius 2 is 0.595 bits per heavy atom.